The number of rotatable bonds is 5. The quantitative estimate of drug-likeness (QED) is 0.882. The Morgan fingerprint density at radius 1 is 1.41 bits per heavy atom. The third kappa shape index (κ3) is 2.96. The Labute approximate surface area is 106 Å². The minimum absolute atomic E-state index is 0.366. The highest BCUT2D eigenvalue weighted by Crippen LogP contribution is 2.22. The maximum absolute atomic E-state index is 4.59. The smallest absolute Gasteiger partial charge is 0.0644 e. The molecule has 1 unspecified atom stereocenters. The third-order valence-electron chi connectivity index (χ3n) is 2.84. The van der Waals surface area contributed by atoms with Gasteiger partial charge in [-0.25, -0.2) is 0 Å². The number of hydrogen-bond acceptors (Lipinski definition) is 3. The zero-order chi connectivity index (χ0) is 12.3. The molecule has 0 spiro atoms. The van der Waals surface area contributed by atoms with Gasteiger partial charge >= 0.3 is 0 Å². The van der Waals surface area contributed by atoms with Crippen molar-refractivity contribution >= 4 is 11.3 Å². The van der Waals surface area contributed by atoms with Gasteiger partial charge < -0.3 is 5.32 Å². The van der Waals surface area contributed by atoms with Crippen molar-refractivity contribution < 1.29 is 0 Å². The molecule has 0 aliphatic rings. The summed E-state index contributed by atoms with van der Waals surface area (Å²) >= 11 is 1.79. The van der Waals surface area contributed by atoms with E-state index in [4.69, 9.17) is 0 Å². The Morgan fingerprint density at radius 3 is 2.76 bits per heavy atom. The first-order valence-electron chi connectivity index (χ1n) is 5.95. The number of thiophene rings is 1. The van der Waals surface area contributed by atoms with Gasteiger partial charge in [-0.15, -0.1) is 11.3 Å². The zero-order valence-electron chi connectivity index (χ0n) is 10.6. The molecule has 2 heterocycles. The van der Waals surface area contributed by atoms with Gasteiger partial charge in [0.05, 0.1) is 5.69 Å². The van der Waals surface area contributed by atoms with Crippen LogP contribution in [-0.2, 0) is 6.42 Å². The van der Waals surface area contributed by atoms with Crippen molar-refractivity contribution in [3.8, 4) is 0 Å². The molecule has 2 rings (SSSR count). The molecule has 0 aromatic carbocycles. The first-order chi connectivity index (χ1) is 8.20. The Morgan fingerprint density at radius 2 is 2.24 bits per heavy atom. The fourth-order valence-corrected chi connectivity index (χ4v) is 2.65. The lowest BCUT2D eigenvalue weighted by Crippen LogP contribution is -2.18. The standard InChI is InChI=1S/C13H19N3S/c1-10(2)16-7-6-11(15-16)9-12(14-3)13-5-4-8-17-13/h4-8,10,12,14H,9H2,1-3H3. The Hall–Kier alpha value is -1.13. The lowest BCUT2D eigenvalue weighted by atomic mass is 10.1. The molecule has 1 atom stereocenters. The maximum Gasteiger partial charge on any atom is 0.0644 e. The monoisotopic (exact) mass is 249 g/mol. The highest BCUT2D eigenvalue weighted by atomic mass is 32.1. The molecule has 2 aromatic heterocycles. The molecule has 4 heteroatoms. The van der Waals surface area contributed by atoms with E-state index in [0.29, 0.717) is 12.1 Å². The minimum Gasteiger partial charge on any atom is -0.312 e. The number of nitrogens with one attached hydrogen (secondary N) is 1. The fourth-order valence-electron chi connectivity index (χ4n) is 1.82. The zero-order valence-corrected chi connectivity index (χ0v) is 11.4. The molecule has 3 nitrogen and oxygen atoms in total. The molecule has 0 aliphatic carbocycles. The summed E-state index contributed by atoms with van der Waals surface area (Å²) < 4.78 is 2.01. The molecule has 0 saturated heterocycles. The van der Waals surface area contributed by atoms with E-state index in [2.05, 4.69) is 54.0 Å². The molecule has 1 N–H and O–H groups in total. The van der Waals surface area contributed by atoms with E-state index >= 15 is 0 Å². The average molecular weight is 249 g/mol. The summed E-state index contributed by atoms with van der Waals surface area (Å²) in [6, 6.07) is 7.17. The van der Waals surface area contributed by atoms with Crippen molar-refractivity contribution in [2.75, 3.05) is 7.05 Å². The maximum atomic E-state index is 4.59. The second-order valence-corrected chi connectivity index (χ2v) is 5.42. The van der Waals surface area contributed by atoms with E-state index in [1.54, 1.807) is 11.3 Å². The van der Waals surface area contributed by atoms with E-state index in [9.17, 15) is 0 Å². The summed E-state index contributed by atoms with van der Waals surface area (Å²) in [5.41, 5.74) is 1.14. The largest absolute Gasteiger partial charge is 0.312 e. The number of hydrogen-bond donors (Lipinski definition) is 1. The number of nitrogens with zero attached hydrogens (tertiary/aromatic N) is 2. The van der Waals surface area contributed by atoms with Crippen molar-refractivity contribution in [2.45, 2.75) is 32.4 Å². The predicted molar refractivity (Wildman–Crippen MR) is 72.4 cm³/mol. The van der Waals surface area contributed by atoms with Crippen molar-refractivity contribution in [2.24, 2.45) is 0 Å². The van der Waals surface area contributed by atoms with Crippen molar-refractivity contribution in [1.82, 2.24) is 15.1 Å². The summed E-state index contributed by atoms with van der Waals surface area (Å²) in [4.78, 5) is 1.37. The molecule has 0 saturated carbocycles. The molecule has 92 valence electrons. The average Bonchev–Trinajstić information content (AvgIpc) is 2.96. The van der Waals surface area contributed by atoms with Gasteiger partial charge in [0.15, 0.2) is 0 Å². The van der Waals surface area contributed by atoms with E-state index < -0.39 is 0 Å². The van der Waals surface area contributed by atoms with E-state index in [-0.39, 0.29) is 0 Å². The molecule has 2 aromatic rings. The minimum atomic E-state index is 0.366. The first kappa shape index (κ1) is 12.3. The van der Waals surface area contributed by atoms with E-state index in [1.165, 1.54) is 4.88 Å². The summed E-state index contributed by atoms with van der Waals surface area (Å²) in [6.45, 7) is 4.29. The van der Waals surface area contributed by atoms with Crippen LogP contribution in [0.1, 0.15) is 36.5 Å². The lowest BCUT2D eigenvalue weighted by molar-refractivity contribution is 0.516. The number of likely N-dealkylation sites (N-methyl/N-ethyl adjacent to an activating group) is 1. The van der Waals surface area contributed by atoms with E-state index in [0.717, 1.165) is 12.1 Å². The highest BCUT2D eigenvalue weighted by molar-refractivity contribution is 7.10. The second-order valence-electron chi connectivity index (χ2n) is 4.44. The highest BCUT2D eigenvalue weighted by Gasteiger charge is 2.13. The number of aromatic nitrogens is 2. The van der Waals surface area contributed by atoms with E-state index in [1.807, 2.05) is 11.7 Å². The Kier molecular flexibility index (Phi) is 3.97. The van der Waals surface area contributed by atoms with Gasteiger partial charge in [0.1, 0.15) is 0 Å². The van der Waals surface area contributed by atoms with Crippen LogP contribution in [0, 0.1) is 0 Å². The lowest BCUT2D eigenvalue weighted by Gasteiger charge is -2.12. The van der Waals surface area contributed by atoms with Gasteiger partial charge in [-0.05, 0) is 38.4 Å². The van der Waals surface area contributed by atoms with Gasteiger partial charge in [-0.1, -0.05) is 6.07 Å². The van der Waals surface area contributed by atoms with Gasteiger partial charge in [0.2, 0.25) is 0 Å². The predicted octanol–water partition coefficient (Wildman–Crippen LogP) is 3.03. The van der Waals surface area contributed by atoms with Crippen LogP contribution in [0.4, 0.5) is 0 Å². The van der Waals surface area contributed by atoms with Crippen LogP contribution in [0.5, 0.6) is 0 Å². The van der Waals surface area contributed by atoms with Gasteiger partial charge in [0.25, 0.3) is 0 Å². The normalized spacial score (nSPS) is 13.2. The van der Waals surface area contributed by atoms with Crippen LogP contribution in [0.3, 0.4) is 0 Å². The summed E-state index contributed by atoms with van der Waals surface area (Å²) in [6.07, 6.45) is 3.00. The fraction of sp³-hybridized carbons (Fsp3) is 0.462. The van der Waals surface area contributed by atoms with Crippen LogP contribution in [0.2, 0.25) is 0 Å². The second kappa shape index (κ2) is 5.47. The molecular weight excluding hydrogens is 230 g/mol. The first-order valence-corrected chi connectivity index (χ1v) is 6.83. The topological polar surface area (TPSA) is 29.9 Å². The molecule has 0 radical (unpaired) electrons. The molecule has 0 aliphatic heterocycles. The van der Waals surface area contributed by atoms with Crippen LogP contribution in [-0.4, -0.2) is 16.8 Å². The van der Waals surface area contributed by atoms with Crippen molar-refractivity contribution in [3.63, 3.8) is 0 Å². The molecule has 0 bridgehead atoms. The molecular formula is C13H19N3S. The van der Waals surface area contributed by atoms with Crippen molar-refractivity contribution in [3.05, 3.63) is 40.3 Å². The third-order valence-corrected chi connectivity index (χ3v) is 3.83. The van der Waals surface area contributed by atoms with Crippen LogP contribution >= 0.6 is 11.3 Å². The molecule has 0 fully saturated rings. The van der Waals surface area contributed by atoms with Gasteiger partial charge in [-0.2, -0.15) is 5.10 Å². The van der Waals surface area contributed by atoms with Crippen LogP contribution < -0.4 is 5.32 Å². The summed E-state index contributed by atoms with van der Waals surface area (Å²) in [7, 11) is 2.00. The molecule has 17 heavy (non-hydrogen) atoms. The van der Waals surface area contributed by atoms with Crippen LogP contribution in [0.25, 0.3) is 0 Å². The van der Waals surface area contributed by atoms with Gasteiger partial charge in [0, 0.05) is 29.6 Å². The Bertz CT molecular complexity index is 445. The summed E-state index contributed by atoms with van der Waals surface area (Å²) in [5, 5.41) is 10.1. The summed E-state index contributed by atoms with van der Waals surface area (Å²) in [5.74, 6) is 0. The Balaban J connectivity index is 2.08. The van der Waals surface area contributed by atoms with Gasteiger partial charge in [-0.3, -0.25) is 4.68 Å². The molecule has 0 amide bonds. The van der Waals surface area contributed by atoms with Crippen molar-refractivity contribution in [1.29, 1.82) is 0 Å². The van der Waals surface area contributed by atoms with Crippen LogP contribution in [0.15, 0.2) is 29.8 Å². The SMILES string of the molecule is CNC(Cc1ccn(C(C)C)n1)c1cccs1.